The molecule has 2 heterocycles. The molecule has 6 nitrogen and oxygen atoms in total. The van der Waals surface area contributed by atoms with Crippen molar-refractivity contribution in [1.82, 2.24) is 10.6 Å². The number of halogens is 1. The number of amides is 3. The van der Waals surface area contributed by atoms with E-state index in [0.29, 0.717) is 18.0 Å². The number of benzene rings is 1. The van der Waals surface area contributed by atoms with E-state index in [1.807, 2.05) is 0 Å². The standard InChI is InChI=1S/C16H16FN3O3/c17-11-3-1-4-13(7-11)20-10-12(8-15(20)21)19-16(22)18-9-14-5-2-6-23-14/h1-7,12H,8-10H2,(H2,18,19,22)/t12-/m1/s1. The molecule has 1 aromatic carbocycles. The van der Waals surface area contributed by atoms with E-state index < -0.39 is 5.82 Å². The number of anilines is 1. The van der Waals surface area contributed by atoms with Gasteiger partial charge in [0.15, 0.2) is 0 Å². The van der Waals surface area contributed by atoms with Crippen LogP contribution in [0.5, 0.6) is 0 Å². The Morgan fingerprint density at radius 2 is 2.22 bits per heavy atom. The molecule has 0 saturated carbocycles. The van der Waals surface area contributed by atoms with Crippen LogP contribution in [0.1, 0.15) is 12.2 Å². The first-order chi connectivity index (χ1) is 11.1. The first-order valence-corrected chi connectivity index (χ1v) is 7.24. The number of furan rings is 1. The van der Waals surface area contributed by atoms with E-state index >= 15 is 0 Å². The van der Waals surface area contributed by atoms with Crippen LogP contribution in [0.25, 0.3) is 0 Å². The average molecular weight is 317 g/mol. The third kappa shape index (κ3) is 3.68. The lowest BCUT2D eigenvalue weighted by molar-refractivity contribution is -0.117. The van der Waals surface area contributed by atoms with Crippen LogP contribution >= 0.6 is 0 Å². The number of nitrogens with zero attached hydrogens (tertiary/aromatic N) is 1. The topological polar surface area (TPSA) is 74.6 Å². The van der Waals surface area contributed by atoms with E-state index in [-0.39, 0.29) is 30.9 Å². The molecule has 120 valence electrons. The molecule has 1 aromatic heterocycles. The van der Waals surface area contributed by atoms with Gasteiger partial charge in [0, 0.05) is 18.7 Å². The van der Waals surface area contributed by atoms with Crippen LogP contribution in [-0.2, 0) is 11.3 Å². The molecule has 1 aliphatic rings. The summed E-state index contributed by atoms with van der Waals surface area (Å²) in [6.07, 6.45) is 1.71. The number of carbonyl (C=O) groups excluding carboxylic acids is 2. The Morgan fingerprint density at radius 3 is 2.96 bits per heavy atom. The Labute approximate surface area is 132 Å². The summed E-state index contributed by atoms with van der Waals surface area (Å²) < 4.78 is 18.4. The summed E-state index contributed by atoms with van der Waals surface area (Å²) in [4.78, 5) is 25.4. The molecule has 23 heavy (non-hydrogen) atoms. The van der Waals surface area contributed by atoms with Gasteiger partial charge in [-0.15, -0.1) is 0 Å². The normalized spacial score (nSPS) is 17.3. The minimum absolute atomic E-state index is 0.146. The lowest BCUT2D eigenvalue weighted by Gasteiger charge is -2.17. The molecule has 0 spiro atoms. The quantitative estimate of drug-likeness (QED) is 0.906. The minimum Gasteiger partial charge on any atom is -0.467 e. The maximum atomic E-state index is 13.3. The fourth-order valence-electron chi connectivity index (χ4n) is 2.51. The number of hydrogen-bond donors (Lipinski definition) is 2. The Balaban J connectivity index is 1.54. The van der Waals surface area contributed by atoms with Crippen molar-refractivity contribution in [3.05, 3.63) is 54.2 Å². The predicted octanol–water partition coefficient (Wildman–Crippen LogP) is 2.02. The third-order valence-electron chi connectivity index (χ3n) is 3.58. The molecule has 3 rings (SSSR count). The molecule has 1 atom stereocenters. The van der Waals surface area contributed by atoms with E-state index in [1.54, 1.807) is 24.3 Å². The molecule has 3 amide bonds. The molecule has 1 aliphatic heterocycles. The minimum atomic E-state index is -0.400. The molecule has 7 heteroatoms. The SMILES string of the molecule is O=C(NCc1ccco1)N[C@@H]1CC(=O)N(c2cccc(F)c2)C1. The van der Waals surface area contributed by atoms with Crippen LogP contribution < -0.4 is 15.5 Å². The van der Waals surface area contributed by atoms with Gasteiger partial charge < -0.3 is 20.0 Å². The summed E-state index contributed by atoms with van der Waals surface area (Å²) in [5.41, 5.74) is 0.496. The van der Waals surface area contributed by atoms with E-state index in [0.717, 1.165) is 0 Å². The van der Waals surface area contributed by atoms with Crippen molar-refractivity contribution in [2.45, 2.75) is 19.0 Å². The van der Waals surface area contributed by atoms with Crippen molar-refractivity contribution in [2.75, 3.05) is 11.4 Å². The van der Waals surface area contributed by atoms with Gasteiger partial charge >= 0.3 is 6.03 Å². The third-order valence-corrected chi connectivity index (χ3v) is 3.58. The number of rotatable bonds is 4. The molecule has 2 aromatic rings. The maximum Gasteiger partial charge on any atom is 0.315 e. The van der Waals surface area contributed by atoms with Crippen LogP contribution in [0, 0.1) is 5.82 Å². The Hall–Kier alpha value is -2.83. The summed E-state index contributed by atoms with van der Waals surface area (Å²) in [5, 5.41) is 5.39. The van der Waals surface area contributed by atoms with Crippen molar-refractivity contribution in [3.63, 3.8) is 0 Å². The van der Waals surface area contributed by atoms with Gasteiger partial charge in [-0.3, -0.25) is 4.79 Å². The fraction of sp³-hybridized carbons (Fsp3) is 0.250. The van der Waals surface area contributed by atoms with Crippen molar-refractivity contribution >= 4 is 17.6 Å². The zero-order valence-electron chi connectivity index (χ0n) is 12.3. The zero-order chi connectivity index (χ0) is 16.2. The second-order valence-corrected chi connectivity index (χ2v) is 5.29. The summed E-state index contributed by atoms with van der Waals surface area (Å²) in [7, 11) is 0. The Bertz CT molecular complexity index is 702. The molecular weight excluding hydrogens is 301 g/mol. The van der Waals surface area contributed by atoms with E-state index in [1.165, 1.54) is 23.3 Å². The van der Waals surface area contributed by atoms with Gasteiger partial charge in [-0.25, -0.2) is 9.18 Å². The summed E-state index contributed by atoms with van der Waals surface area (Å²) in [6.45, 7) is 0.587. The highest BCUT2D eigenvalue weighted by Gasteiger charge is 2.31. The lowest BCUT2D eigenvalue weighted by Crippen LogP contribution is -2.43. The lowest BCUT2D eigenvalue weighted by atomic mass is 10.2. The van der Waals surface area contributed by atoms with Crippen LogP contribution in [0.2, 0.25) is 0 Å². The van der Waals surface area contributed by atoms with Gasteiger partial charge in [-0.2, -0.15) is 0 Å². The number of urea groups is 1. The van der Waals surface area contributed by atoms with Crippen molar-refractivity contribution in [3.8, 4) is 0 Å². The molecule has 2 N–H and O–H groups in total. The van der Waals surface area contributed by atoms with Gasteiger partial charge in [0.25, 0.3) is 0 Å². The second kappa shape index (κ2) is 6.51. The highest BCUT2D eigenvalue weighted by Crippen LogP contribution is 2.22. The Morgan fingerprint density at radius 1 is 1.35 bits per heavy atom. The van der Waals surface area contributed by atoms with Crippen LogP contribution in [0.4, 0.5) is 14.9 Å². The van der Waals surface area contributed by atoms with Gasteiger partial charge in [-0.05, 0) is 30.3 Å². The number of carbonyl (C=O) groups is 2. The van der Waals surface area contributed by atoms with Gasteiger partial charge in [0.1, 0.15) is 11.6 Å². The molecular formula is C16H16FN3O3. The summed E-state index contributed by atoms with van der Waals surface area (Å²) in [6, 6.07) is 8.64. The number of nitrogens with one attached hydrogen (secondary N) is 2. The first-order valence-electron chi connectivity index (χ1n) is 7.24. The highest BCUT2D eigenvalue weighted by atomic mass is 19.1. The van der Waals surface area contributed by atoms with Crippen LogP contribution in [0.15, 0.2) is 47.1 Å². The molecule has 0 radical (unpaired) electrons. The number of hydrogen-bond acceptors (Lipinski definition) is 3. The van der Waals surface area contributed by atoms with Gasteiger partial charge in [0.05, 0.1) is 18.8 Å². The Kier molecular flexibility index (Phi) is 4.27. The van der Waals surface area contributed by atoms with E-state index in [2.05, 4.69) is 10.6 Å². The second-order valence-electron chi connectivity index (χ2n) is 5.29. The molecule has 0 unspecified atom stereocenters. The van der Waals surface area contributed by atoms with Crippen molar-refractivity contribution in [1.29, 1.82) is 0 Å². The largest absolute Gasteiger partial charge is 0.467 e. The van der Waals surface area contributed by atoms with E-state index in [9.17, 15) is 14.0 Å². The smallest absolute Gasteiger partial charge is 0.315 e. The van der Waals surface area contributed by atoms with Crippen LogP contribution in [-0.4, -0.2) is 24.5 Å². The van der Waals surface area contributed by atoms with Crippen molar-refractivity contribution in [2.24, 2.45) is 0 Å². The summed E-state index contributed by atoms with van der Waals surface area (Å²) in [5.74, 6) is 0.0962. The molecule has 0 aliphatic carbocycles. The van der Waals surface area contributed by atoms with Gasteiger partial charge in [0.2, 0.25) is 5.91 Å². The van der Waals surface area contributed by atoms with Crippen LogP contribution in [0.3, 0.4) is 0 Å². The predicted molar refractivity (Wildman–Crippen MR) is 81.2 cm³/mol. The van der Waals surface area contributed by atoms with E-state index in [4.69, 9.17) is 4.42 Å². The zero-order valence-corrected chi connectivity index (χ0v) is 12.3. The molecule has 1 saturated heterocycles. The maximum absolute atomic E-state index is 13.3. The highest BCUT2D eigenvalue weighted by molar-refractivity contribution is 5.96. The first kappa shape index (κ1) is 15.1. The molecule has 0 bridgehead atoms. The molecule has 1 fully saturated rings. The van der Waals surface area contributed by atoms with Crippen molar-refractivity contribution < 1.29 is 18.4 Å². The monoisotopic (exact) mass is 317 g/mol. The fourth-order valence-corrected chi connectivity index (χ4v) is 2.51. The average Bonchev–Trinajstić information content (AvgIpc) is 3.15. The summed E-state index contributed by atoms with van der Waals surface area (Å²) >= 11 is 0. The van der Waals surface area contributed by atoms with Gasteiger partial charge in [-0.1, -0.05) is 6.07 Å².